The molecule has 1 aromatic carbocycles. The van der Waals surface area contributed by atoms with Crippen molar-refractivity contribution in [2.24, 2.45) is 5.41 Å². The van der Waals surface area contributed by atoms with E-state index in [2.05, 4.69) is 23.9 Å². The molecule has 1 atom stereocenters. The number of ether oxygens (including phenoxy) is 1. The molecule has 0 aromatic heterocycles. The lowest BCUT2D eigenvalue weighted by Gasteiger charge is -2.20. The lowest BCUT2D eigenvalue weighted by atomic mass is 10.0. The maximum atomic E-state index is 12.0. The van der Waals surface area contributed by atoms with E-state index in [0.717, 1.165) is 12.1 Å². The fourth-order valence-corrected chi connectivity index (χ4v) is 1.94. The number of benzene rings is 1. The number of hydrogen-bond acceptors (Lipinski definition) is 2. The molecule has 0 radical (unpaired) electrons. The van der Waals surface area contributed by atoms with Gasteiger partial charge in [-0.05, 0) is 42.9 Å². The van der Waals surface area contributed by atoms with Crippen LogP contribution in [0, 0.1) is 5.41 Å². The van der Waals surface area contributed by atoms with Gasteiger partial charge in [0.15, 0.2) is 0 Å². The van der Waals surface area contributed by atoms with Gasteiger partial charge in [0.05, 0.1) is 0 Å². The molecule has 0 spiro atoms. The first-order valence-corrected chi connectivity index (χ1v) is 6.27. The normalized spacial score (nSPS) is 18.7. The molecule has 0 saturated heterocycles. The Balaban J connectivity index is 1.82. The Morgan fingerprint density at radius 3 is 2.39 bits per heavy atom. The van der Waals surface area contributed by atoms with Crippen LogP contribution in [0.25, 0.3) is 0 Å². The molecule has 0 heterocycles. The second-order valence-electron chi connectivity index (χ2n) is 5.28. The molecule has 1 aliphatic rings. The molecule has 0 amide bonds. The summed E-state index contributed by atoms with van der Waals surface area (Å²) in [6.45, 7) is 2.47. The van der Waals surface area contributed by atoms with Gasteiger partial charge in [0, 0.05) is 12.6 Å². The predicted molar refractivity (Wildman–Crippen MR) is 66.7 cm³/mol. The zero-order valence-corrected chi connectivity index (χ0v) is 10.7. The Hall–Kier alpha value is -1.16. The van der Waals surface area contributed by atoms with E-state index >= 15 is 0 Å². The van der Waals surface area contributed by atoms with Gasteiger partial charge in [-0.25, -0.2) is 0 Å². The molecule has 1 unspecified atom stereocenters. The Labute approximate surface area is 106 Å². The number of nitrogens with one attached hydrogen (secondary N) is 1. The molecule has 18 heavy (non-hydrogen) atoms. The fraction of sp³-hybridized carbons (Fsp3) is 0.571. The molecule has 0 bridgehead atoms. The zero-order chi connectivity index (χ0) is 13.2. The second kappa shape index (κ2) is 5.22. The topological polar surface area (TPSA) is 21.3 Å². The molecule has 0 aliphatic heterocycles. The van der Waals surface area contributed by atoms with Gasteiger partial charge >= 0.3 is 6.61 Å². The molecule has 100 valence electrons. The molecule has 4 heteroatoms. The molecular formula is C14H19F2NO. The summed E-state index contributed by atoms with van der Waals surface area (Å²) >= 11 is 0. The summed E-state index contributed by atoms with van der Waals surface area (Å²) in [6, 6.07) is 7.26. The van der Waals surface area contributed by atoms with Crippen molar-refractivity contribution in [2.75, 3.05) is 0 Å². The zero-order valence-electron chi connectivity index (χ0n) is 10.7. The van der Waals surface area contributed by atoms with Crippen molar-refractivity contribution in [3.05, 3.63) is 29.8 Å². The van der Waals surface area contributed by atoms with Crippen LogP contribution in [-0.2, 0) is 6.54 Å². The quantitative estimate of drug-likeness (QED) is 0.839. The van der Waals surface area contributed by atoms with Crippen molar-refractivity contribution in [1.82, 2.24) is 5.32 Å². The van der Waals surface area contributed by atoms with Crippen molar-refractivity contribution in [2.45, 2.75) is 45.9 Å². The summed E-state index contributed by atoms with van der Waals surface area (Å²) in [5, 5.41) is 3.47. The van der Waals surface area contributed by atoms with Gasteiger partial charge in [-0.15, -0.1) is 0 Å². The number of alkyl halides is 2. The Bertz CT molecular complexity index is 387. The Morgan fingerprint density at radius 1 is 1.28 bits per heavy atom. The lowest BCUT2D eigenvalue weighted by molar-refractivity contribution is -0.0498. The van der Waals surface area contributed by atoms with Crippen LogP contribution < -0.4 is 10.1 Å². The summed E-state index contributed by atoms with van der Waals surface area (Å²) in [4.78, 5) is 0. The highest BCUT2D eigenvalue weighted by molar-refractivity contribution is 5.27. The third-order valence-electron chi connectivity index (χ3n) is 3.84. The van der Waals surface area contributed by atoms with Crippen molar-refractivity contribution in [3.8, 4) is 5.75 Å². The van der Waals surface area contributed by atoms with Gasteiger partial charge in [-0.2, -0.15) is 8.78 Å². The SMILES string of the molecule is CC(NCc1ccc(OC(F)F)cc1)C1(C)CC1. The van der Waals surface area contributed by atoms with Crippen LogP contribution in [0.1, 0.15) is 32.3 Å². The van der Waals surface area contributed by atoms with Crippen LogP contribution in [0.15, 0.2) is 24.3 Å². The maximum absolute atomic E-state index is 12.0. The van der Waals surface area contributed by atoms with E-state index in [1.54, 1.807) is 12.1 Å². The summed E-state index contributed by atoms with van der Waals surface area (Å²) in [6.07, 6.45) is 2.56. The summed E-state index contributed by atoms with van der Waals surface area (Å²) in [7, 11) is 0. The molecule has 1 N–H and O–H groups in total. The highest BCUT2D eigenvalue weighted by atomic mass is 19.3. The van der Waals surface area contributed by atoms with E-state index in [1.165, 1.54) is 12.8 Å². The van der Waals surface area contributed by atoms with Crippen LogP contribution in [0.5, 0.6) is 5.75 Å². The molecule has 2 nitrogen and oxygen atoms in total. The standard InChI is InChI=1S/C14H19F2NO/c1-10(14(2)7-8-14)17-9-11-3-5-12(6-4-11)18-13(15)16/h3-6,10,13,17H,7-9H2,1-2H3. The van der Waals surface area contributed by atoms with Gasteiger partial charge in [0.1, 0.15) is 5.75 Å². The van der Waals surface area contributed by atoms with Gasteiger partial charge in [0.2, 0.25) is 0 Å². The minimum Gasteiger partial charge on any atom is -0.435 e. The van der Waals surface area contributed by atoms with E-state index in [1.807, 2.05) is 12.1 Å². The van der Waals surface area contributed by atoms with Crippen molar-refractivity contribution in [1.29, 1.82) is 0 Å². The second-order valence-corrected chi connectivity index (χ2v) is 5.28. The molecule has 1 fully saturated rings. The lowest BCUT2D eigenvalue weighted by Crippen LogP contribution is -2.32. The minimum absolute atomic E-state index is 0.205. The largest absolute Gasteiger partial charge is 0.435 e. The van der Waals surface area contributed by atoms with E-state index in [9.17, 15) is 8.78 Å². The molecule has 1 saturated carbocycles. The van der Waals surface area contributed by atoms with Crippen LogP contribution in [0.4, 0.5) is 8.78 Å². The first kappa shape index (κ1) is 13.3. The average molecular weight is 255 g/mol. The van der Waals surface area contributed by atoms with Crippen LogP contribution in [0.3, 0.4) is 0 Å². The minimum atomic E-state index is -2.76. The van der Waals surface area contributed by atoms with Gasteiger partial charge in [-0.1, -0.05) is 19.1 Å². The molecule has 2 rings (SSSR count). The van der Waals surface area contributed by atoms with Crippen molar-refractivity contribution >= 4 is 0 Å². The first-order chi connectivity index (χ1) is 8.49. The van der Waals surface area contributed by atoms with E-state index in [-0.39, 0.29) is 5.75 Å². The highest BCUT2D eigenvalue weighted by Gasteiger charge is 2.42. The maximum Gasteiger partial charge on any atom is 0.387 e. The third-order valence-corrected chi connectivity index (χ3v) is 3.84. The fourth-order valence-electron chi connectivity index (χ4n) is 1.94. The highest BCUT2D eigenvalue weighted by Crippen LogP contribution is 2.47. The van der Waals surface area contributed by atoms with Crippen molar-refractivity contribution in [3.63, 3.8) is 0 Å². The Kier molecular flexibility index (Phi) is 3.85. The number of halogens is 2. The van der Waals surface area contributed by atoms with Gasteiger partial charge in [-0.3, -0.25) is 0 Å². The molecular weight excluding hydrogens is 236 g/mol. The smallest absolute Gasteiger partial charge is 0.387 e. The summed E-state index contributed by atoms with van der Waals surface area (Å²) < 4.78 is 28.3. The van der Waals surface area contributed by atoms with Crippen LogP contribution in [0.2, 0.25) is 0 Å². The summed E-state index contributed by atoms with van der Waals surface area (Å²) in [5.74, 6) is 0.205. The molecule has 1 aromatic rings. The van der Waals surface area contributed by atoms with E-state index in [0.29, 0.717) is 11.5 Å². The first-order valence-electron chi connectivity index (χ1n) is 6.27. The van der Waals surface area contributed by atoms with Crippen LogP contribution >= 0.6 is 0 Å². The number of rotatable bonds is 6. The number of hydrogen-bond donors (Lipinski definition) is 1. The predicted octanol–water partition coefficient (Wildman–Crippen LogP) is 3.57. The summed E-state index contributed by atoms with van der Waals surface area (Å²) in [5.41, 5.74) is 1.52. The Morgan fingerprint density at radius 2 is 1.89 bits per heavy atom. The van der Waals surface area contributed by atoms with Gasteiger partial charge < -0.3 is 10.1 Å². The van der Waals surface area contributed by atoms with Gasteiger partial charge in [0.25, 0.3) is 0 Å². The molecule has 1 aliphatic carbocycles. The monoisotopic (exact) mass is 255 g/mol. The van der Waals surface area contributed by atoms with E-state index < -0.39 is 6.61 Å². The van der Waals surface area contributed by atoms with Crippen molar-refractivity contribution < 1.29 is 13.5 Å². The van der Waals surface area contributed by atoms with E-state index in [4.69, 9.17) is 0 Å². The van der Waals surface area contributed by atoms with Crippen LogP contribution in [-0.4, -0.2) is 12.7 Å². The average Bonchev–Trinajstić information content (AvgIpc) is 3.07. The third kappa shape index (κ3) is 3.42.